The van der Waals surface area contributed by atoms with Gasteiger partial charge in [0.2, 0.25) is 0 Å². The third-order valence-electron chi connectivity index (χ3n) is 4.18. The predicted molar refractivity (Wildman–Crippen MR) is 106 cm³/mol. The molecule has 0 saturated heterocycles. The van der Waals surface area contributed by atoms with Gasteiger partial charge in [0.15, 0.2) is 13.1 Å². The standard InChI is InChI=1S/C20H21ClN4O2/c1-13-5-4-6-17(14(13)2)23-19(26)11-25(3)12-20(27)24-18-9-16(21)8-7-15(18)10-22/h4-9H,11-12H2,1-3H3,(H,23,26)(H,24,27)/p+1. The maximum absolute atomic E-state index is 12.2. The summed E-state index contributed by atoms with van der Waals surface area (Å²) in [4.78, 5) is 25.2. The van der Waals surface area contributed by atoms with E-state index in [0.29, 0.717) is 16.3 Å². The highest BCUT2D eigenvalue weighted by Gasteiger charge is 2.16. The number of hydrogen-bond acceptors (Lipinski definition) is 3. The molecule has 6 nitrogen and oxygen atoms in total. The van der Waals surface area contributed by atoms with Crippen LogP contribution in [0.3, 0.4) is 0 Å². The fraction of sp³-hybridized carbons (Fsp3) is 0.250. The Morgan fingerprint density at radius 2 is 1.70 bits per heavy atom. The zero-order valence-corrected chi connectivity index (χ0v) is 16.3. The molecule has 0 radical (unpaired) electrons. The fourth-order valence-corrected chi connectivity index (χ4v) is 2.78. The van der Waals surface area contributed by atoms with Gasteiger partial charge in [-0.2, -0.15) is 5.26 Å². The Morgan fingerprint density at radius 1 is 1.07 bits per heavy atom. The minimum atomic E-state index is -0.300. The minimum Gasteiger partial charge on any atom is -0.322 e. The topological polar surface area (TPSA) is 86.4 Å². The van der Waals surface area contributed by atoms with Gasteiger partial charge in [-0.25, -0.2) is 0 Å². The Balaban J connectivity index is 1.91. The van der Waals surface area contributed by atoms with Crippen LogP contribution in [-0.4, -0.2) is 32.0 Å². The van der Waals surface area contributed by atoms with Crippen LogP contribution < -0.4 is 15.5 Å². The van der Waals surface area contributed by atoms with Crippen LogP contribution in [0.15, 0.2) is 36.4 Å². The van der Waals surface area contributed by atoms with E-state index in [-0.39, 0.29) is 24.9 Å². The molecule has 0 heterocycles. The van der Waals surface area contributed by atoms with Crippen molar-refractivity contribution in [2.24, 2.45) is 0 Å². The van der Waals surface area contributed by atoms with Crippen LogP contribution in [0.1, 0.15) is 16.7 Å². The molecule has 1 atom stereocenters. The Bertz CT molecular complexity index is 905. The lowest BCUT2D eigenvalue weighted by Gasteiger charge is -2.15. The van der Waals surface area contributed by atoms with Crippen LogP contribution >= 0.6 is 11.6 Å². The maximum Gasteiger partial charge on any atom is 0.279 e. The van der Waals surface area contributed by atoms with Crippen LogP contribution in [0.25, 0.3) is 0 Å². The van der Waals surface area contributed by atoms with Gasteiger partial charge in [-0.15, -0.1) is 0 Å². The maximum atomic E-state index is 12.2. The van der Waals surface area contributed by atoms with E-state index in [1.807, 2.05) is 38.1 Å². The molecule has 0 aromatic heterocycles. The van der Waals surface area contributed by atoms with Crippen LogP contribution in [0.5, 0.6) is 0 Å². The second-order valence-electron chi connectivity index (χ2n) is 6.46. The summed E-state index contributed by atoms with van der Waals surface area (Å²) in [6, 6.07) is 12.4. The lowest BCUT2D eigenvalue weighted by molar-refractivity contribution is -0.862. The van der Waals surface area contributed by atoms with Crippen molar-refractivity contribution in [1.29, 1.82) is 5.26 Å². The molecule has 2 rings (SSSR count). The monoisotopic (exact) mass is 385 g/mol. The normalized spacial score (nSPS) is 11.4. The van der Waals surface area contributed by atoms with E-state index < -0.39 is 0 Å². The Morgan fingerprint density at radius 3 is 2.33 bits per heavy atom. The van der Waals surface area contributed by atoms with Crippen LogP contribution in [0, 0.1) is 25.2 Å². The Labute approximate surface area is 163 Å². The second kappa shape index (κ2) is 9.17. The molecule has 1 unspecified atom stereocenters. The molecule has 2 aromatic carbocycles. The number of likely N-dealkylation sites (N-methyl/N-ethyl adjacent to an activating group) is 1. The molecule has 0 aliphatic rings. The van der Waals surface area contributed by atoms with Gasteiger partial charge in [0, 0.05) is 10.7 Å². The van der Waals surface area contributed by atoms with Gasteiger partial charge in [0.1, 0.15) is 6.07 Å². The molecule has 3 N–H and O–H groups in total. The summed E-state index contributed by atoms with van der Waals surface area (Å²) in [5.41, 5.74) is 3.59. The SMILES string of the molecule is Cc1cccc(NC(=O)C[NH+](C)CC(=O)Nc2cc(Cl)ccc2C#N)c1C. The first-order valence-electron chi connectivity index (χ1n) is 8.47. The molecule has 27 heavy (non-hydrogen) atoms. The van der Waals surface area contributed by atoms with E-state index in [1.54, 1.807) is 19.2 Å². The van der Waals surface area contributed by atoms with Crippen molar-refractivity contribution in [3.63, 3.8) is 0 Å². The number of benzene rings is 2. The van der Waals surface area contributed by atoms with E-state index in [0.717, 1.165) is 21.7 Å². The third-order valence-corrected chi connectivity index (χ3v) is 4.41. The van der Waals surface area contributed by atoms with Crippen molar-refractivity contribution in [1.82, 2.24) is 0 Å². The molecule has 0 aliphatic carbocycles. The summed E-state index contributed by atoms with van der Waals surface area (Å²) in [6.45, 7) is 4.16. The molecular formula is C20H22ClN4O2+. The zero-order valence-electron chi connectivity index (χ0n) is 15.5. The molecule has 2 aromatic rings. The van der Waals surface area contributed by atoms with Crippen LogP contribution in [-0.2, 0) is 9.59 Å². The number of quaternary nitrogens is 1. The minimum absolute atomic E-state index is 0.0810. The number of rotatable bonds is 6. The van der Waals surface area contributed by atoms with Crippen molar-refractivity contribution in [3.05, 3.63) is 58.1 Å². The average molecular weight is 386 g/mol. The van der Waals surface area contributed by atoms with Gasteiger partial charge in [0.25, 0.3) is 11.8 Å². The highest BCUT2D eigenvalue weighted by Crippen LogP contribution is 2.20. The summed E-state index contributed by atoms with van der Waals surface area (Å²) >= 11 is 5.91. The largest absolute Gasteiger partial charge is 0.322 e. The summed E-state index contributed by atoms with van der Waals surface area (Å²) in [5.74, 6) is -0.472. The number of nitrogens with one attached hydrogen (secondary N) is 3. The summed E-state index contributed by atoms with van der Waals surface area (Å²) in [6.07, 6.45) is 0. The Hall–Kier alpha value is -2.88. The van der Waals surface area contributed by atoms with E-state index in [4.69, 9.17) is 16.9 Å². The number of anilines is 2. The first kappa shape index (κ1) is 20.4. The molecule has 0 aliphatic heterocycles. The van der Waals surface area contributed by atoms with Crippen LogP contribution in [0.4, 0.5) is 11.4 Å². The smallest absolute Gasteiger partial charge is 0.279 e. The molecule has 140 valence electrons. The average Bonchev–Trinajstić information content (AvgIpc) is 2.58. The zero-order chi connectivity index (χ0) is 20.0. The summed E-state index contributed by atoms with van der Waals surface area (Å²) < 4.78 is 0. The van der Waals surface area contributed by atoms with Crippen molar-refractivity contribution in [2.75, 3.05) is 30.8 Å². The number of aryl methyl sites for hydroxylation is 1. The number of hydrogen-bond donors (Lipinski definition) is 3. The molecule has 0 saturated carbocycles. The molecule has 0 bridgehead atoms. The van der Waals surface area contributed by atoms with Gasteiger partial charge in [-0.05, 0) is 49.2 Å². The van der Waals surface area contributed by atoms with Crippen LogP contribution in [0.2, 0.25) is 5.02 Å². The molecule has 0 fully saturated rings. The fourth-order valence-electron chi connectivity index (χ4n) is 2.60. The molecule has 7 heteroatoms. The number of carbonyl (C=O) groups is 2. The van der Waals surface area contributed by atoms with Gasteiger partial charge >= 0.3 is 0 Å². The van der Waals surface area contributed by atoms with E-state index >= 15 is 0 Å². The lowest BCUT2D eigenvalue weighted by atomic mass is 10.1. The van der Waals surface area contributed by atoms with Gasteiger partial charge in [-0.1, -0.05) is 23.7 Å². The number of halogens is 1. The van der Waals surface area contributed by atoms with Gasteiger partial charge in [-0.3, -0.25) is 9.59 Å². The van der Waals surface area contributed by atoms with Crippen molar-refractivity contribution >= 4 is 34.8 Å². The molecular weight excluding hydrogens is 364 g/mol. The molecule has 0 spiro atoms. The van der Waals surface area contributed by atoms with Crippen molar-refractivity contribution in [2.45, 2.75) is 13.8 Å². The van der Waals surface area contributed by atoms with E-state index in [9.17, 15) is 9.59 Å². The van der Waals surface area contributed by atoms with Gasteiger partial charge < -0.3 is 15.5 Å². The second-order valence-corrected chi connectivity index (χ2v) is 6.89. The summed E-state index contributed by atoms with van der Waals surface area (Å²) in [7, 11) is 1.76. The summed E-state index contributed by atoms with van der Waals surface area (Å²) in [5, 5.41) is 15.1. The molecule has 2 amide bonds. The number of nitrogens with zero attached hydrogens (tertiary/aromatic N) is 1. The van der Waals surface area contributed by atoms with Crippen molar-refractivity contribution in [3.8, 4) is 6.07 Å². The Kier molecular flexibility index (Phi) is 6.94. The highest BCUT2D eigenvalue weighted by molar-refractivity contribution is 6.31. The first-order chi connectivity index (χ1) is 12.8. The quantitative estimate of drug-likeness (QED) is 0.710. The third kappa shape index (κ3) is 5.81. The highest BCUT2D eigenvalue weighted by atomic mass is 35.5. The first-order valence-corrected chi connectivity index (χ1v) is 8.85. The number of amides is 2. The number of nitriles is 1. The lowest BCUT2D eigenvalue weighted by Crippen LogP contribution is -3.11. The number of carbonyl (C=O) groups excluding carboxylic acids is 2. The van der Waals surface area contributed by atoms with E-state index in [1.165, 1.54) is 6.07 Å². The van der Waals surface area contributed by atoms with Crippen molar-refractivity contribution < 1.29 is 14.5 Å². The predicted octanol–water partition coefficient (Wildman–Crippen LogP) is 1.92. The van der Waals surface area contributed by atoms with Gasteiger partial charge in [0.05, 0.1) is 18.3 Å². The van der Waals surface area contributed by atoms with E-state index in [2.05, 4.69) is 10.6 Å².